The Bertz CT molecular complexity index is 565. The van der Waals surface area contributed by atoms with Crippen LogP contribution in [0.2, 0.25) is 0 Å². The van der Waals surface area contributed by atoms with E-state index in [1.807, 2.05) is 30.3 Å². The fourth-order valence-electron chi connectivity index (χ4n) is 1.92. The topological polar surface area (TPSA) is 47.3 Å². The van der Waals surface area contributed by atoms with Crippen LogP contribution in [-0.4, -0.2) is 12.9 Å². The van der Waals surface area contributed by atoms with Gasteiger partial charge in [-0.2, -0.15) is 0 Å². The minimum atomic E-state index is -0.215. The van der Waals surface area contributed by atoms with Crippen molar-refractivity contribution in [3.63, 3.8) is 0 Å². The number of methoxy groups -OCH3 is 1. The summed E-state index contributed by atoms with van der Waals surface area (Å²) in [6, 6.07) is 14.3. The number of nitrogens with one attached hydrogen (secondary N) is 1. The Balaban J connectivity index is 2.11. The molecule has 2 rings (SSSR count). The summed E-state index contributed by atoms with van der Waals surface area (Å²) in [7, 11) is 1.62. The summed E-state index contributed by atoms with van der Waals surface area (Å²) in [5.41, 5.74) is 3.72. The van der Waals surface area contributed by atoms with Gasteiger partial charge in [0.25, 0.3) is 0 Å². The fraction of sp³-hybridized carbons (Fsp3) is 0.200. The lowest BCUT2D eigenvalue weighted by molar-refractivity contribution is 0.403. The predicted molar refractivity (Wildman–Crippen MR) is 80.2 cm³/mol. The maximum Gasteiger partial charge on any atom is 0.136 e. The normalized spacial score (nSPS) is 12.2. The highest BCUT2D eigenvalue weighted by atomic mass is 32.2. The molecule has 2 aromatic rings. The molecular weight excluding hydrogens is 275 g/mol. The van der Waals surface area contributed by atoms with Gasteiger partial charge in [-0.15, -0.1) is 11.8 Å². The van der Waals surface area contributed by atoms with Gasteiger partial charge in [-0.3, -0.25) is 11.3 Å². The molecule has 3 nitrogen and oxygen atoms in total. The largest absolute Gasteiger partial charge is 0.496 e. The number of thioether (sulfide) groups is 1. The molecule has 5 heteroatoms. The monoisotopic (exact) mass is 292 g/mol. The molecule has 0 heterocycles. The number of benzene rings is 2. The first-order valence-corrected chi connectivity index (χ1v) is 7.21. The first kappa shape index (κ1) is 14.8. The van der Waals surface area contributed by atoms with Gasteiger partial charge in [0.15, 0.2) is 0 Å². The van der Waals surface area contributed by atoms with E-state index >= 15 is 0 Å². The van der Waals surface area contributed by atoms with Gasteiger partial charge < -0.3 is 4.74 Å². The third kappa shape index (κ3) is 3.50. The molecule has 106 valence electrons. The van der Waals surface area contributed by atoms with E-state index in [0.29, 0.717) is 10.6 Å². The van der Waals surface area contributed by atoms with Crippen molar-refractivity contribution < 1.29 is 9.13 Å². The zero-order valence-electron chi connectivity index (χ0n) is 11.2. The van der Waals surface area contributed by atoms with Crippen LogP contribution in [0.1, 0.15) is 11.6 Å². The van der Waals surface area contributed by atoms with E-state index in [-0.39, 0.29) is 11.9 Å². The van der Waals surface area contributed by atoms with Crippen LogP contribution in [0.25, 0.3) is 0 Å². The maximum absolute atomic E-state index is 13.6. The van der Waals surface area contributed by atoms with Crippen molar-refractivity contribution in [3.8, 4) is 5.75 Å². The molecule has 0 bridgehead atoms. The number of rotatable bonds is 6. The van der Waals surface area contributed by atoms with Gasteiger partial charge in [0.1, 0.15) is 11.6 Å². The number of nitrogens with two attached hydrogens (primary N) is 1. The van der Waals surface area contributed by atoms with Gasteiger partial charge in [-0.05, 0) is 18.2 Å². The molecule has 0 aliphatic carbocycles. The van der Waals surface area contributed by atoms with Crippen LogP contribution in [0.5, 0.6) is 5.75 Å². The zero-order chi connectivity index (χ0) is 14.4. The number of hydrogen-bond acceptors (Lipinski definition) is 4. The lowest BCUT2D eigenvalue weighted by atomic mass is 10.1. The van der Waals surface area contributed by atoms with E-state index in [2.05, 4.69) is 5.43 Å². The molecule has 0 fully saturated rings. The Morgan fingerprint density at radius 1 is 1.20 bits per heavy atom. The minimum Gasteiger partial charge on any atom is -0.496 e. The van der Waals surface area contributed by atoms with Crippen LogP contribution in [0.15, 0.2) is 53.4 Å². The van der Waals surface area contributed by atoms with Gasteiger partial charge in [0, 0.05) is 16.2 Å². The molecule has 0 saturated carbocycles. The number of para-hydroxylation sites is 1. The first-order chi connectivity index (χ1) is 9.76. The molecule has 2 aromatic carbocycles. The maximum atomic E-state index is 13.6. The smallest absolute Gasteiger partial charge is 0.136 e. The summed E-state index contributed by atoms with van der Waals surface area (Å²) < 4.78 is 18.9. The van der Waals surface area contributed by atoms with Crippen molar-refractivity contribution >= 4 is 11.8 Å². The van der Waals surface area contributed by atoms with Crippen molar-refractivity contribution in [1.29, 1.82) is 0 Å². The second kappa shape index (κ2) is 7.28. The van der Waals surface area contributed by atoms with E-state index in [4.69, 9.17) is 10.6 Å². The van der Waals surface area contributed by atoms with Gasteiger partial charge >= 0.3 is 0 Å². The number of hydrogen-bond donors (Lipinski definition) is 2. The fourth-order valence-corrected chi connectivity index (χ4v) is 2.92. The molecule has 3 N–H and O–H groups in total. The average molecular weight is 292 g/mol. The van der Waals surface area contributed by atoms with Crippen LogP contribution >= 0.6 is 11.8 Å². The quantitative estimate of drug-likeness (QED) is 0.488. The molecule has 1 atom stereocenters. The second-order valence-corrected chi connectivity index (χ2v) is 5.26. The average Bonchev–Trinajstić information content (AvgIpc) is 2.50. The van der Waals surface area contributed by atoms with Crippen molar-refractivity contribution in [1.82, 2.24) is 5.43 Å². The molecule has 0 amide bonds. The molecule has 0 aromatic heterocycles. The van der Waals surface area contributed by atoms with Gasteiger partial charge in [-0.1, -0.05) is 30.3 Å². The molecule has 20 heavy (non-hydrogen) atoms. The zero-order valence-corrected chi connectivity index (χ0v) is 12.0. The van der Waals surface area contributed by atoms with Crippen molar-refractivity contribution in [2.24, 2.45) is 5.84 Å². The Morgan fingerprint density at radius 2 is 1.90 bits per heavy atom. The molecule has 0 saturated heterocycles. The third-order valence-electron chi connectivity index (χ3n) is 2.96. The lowest BCUT2D eigenvalue weighted by Gasteiger charge is -2.18. The molecule has 0 aliphatic heterocycles. The molecular formula is C15H17FN2OS. The van der Waals surface area contributed by atoms with Crippen LogP contribution < -0.4 is 16.0 Å². The van der Waals surface area contributed by atoms with E-state index in [1.54, 1.807) is 19.2 Å². The highest BCUT2D eigenvalue weighted by molar-refractivity contribution is 7.99. The highest BCUT2D eigenvalue weighted by Gasteiger charge is 2.15. The lowest BCUT2D eigenvalue weighted by Crippen LogP contribution is -2.30. The Morgan fingerprint density at radius 3 is 2.60 bits per heavy atom. The number of ether oxygens (including phenoxy) is 1. The summed E-state index contributed by atoms with van der Waals surface area (Å²) in [5, 5.41) is 0. The van der Waals surface area contributed by atoms with Gasteiger partial charge in [-0.25, -0.2) is 4.39 Å². The van der Waals surface area contributed by atoms with E-state index < -0.39 is 0 Å². The number of halogens is 1. The Hall–Kier alpha value is -1.56. The van der Waals surface area contributed by atoms with E-state index in [9.17, 15) is 4.39 Å². The van der Waals surface area contributed by atoms with Crippen molar-refractivity contribution in [2.75, 3.05) is 12.9 Å². The van der Waals surface area contributed by atoms with Gasteiger partial charge in [0.05, 0.1) is 13.2 Å². The predicted octanol–water partition coefficient (Wildman–Crippen LogP) is 3.13. The van der Waals surface area contributed by atoms with E-state index in [0.717, 1.165) is 11.3 Å². The van der Waals surface area contributed by atoms with Gasteiger partial charge in [0.2, 0.25) is 0 Å². The summed E-state index contributed by atoms with van der Waals surface area (Å²) in [6.45, 7) is 0. The second-order valence-electron chi connectivity index (χ2n) is 4.20. The molecule has 1 unspecified atom stereocenters. The first-order valence-electron chi connectivity index (χ1n) is 6.22. The Kier molecular flexibility index (Phi) is 5.40. The SMILES string of the molecule is COc1ccccc1C(CSc1ccccc1F)NN. The summed E-state index contributed by atoms with van der Waals surface area (Å²) >= 11 is 1.42. The molecule has 0 spiro atoms. The summed E-state index contributed by atoms with van der Waals surface area (Å²) in [4.78, 5) is 0.614. The van der Waals surface area contributed by atoms with Crippen LogP contribution in [-0.2, 0) is 0 Å². The van der Waals surface area contributed by atoms with Crippen LogP contribution in [0, 0.1) is 5.82 Å². The third-order valence-corrected chi connectivity index (χ3v) is 4.10. The van der Waals surface area contributed by atoms with Crippen molar-refractivity contribution in [2.45, 2.75) is 10.9 Å². The summed E-state index contributed by atoms with van der Waals surface area (Å²) in [5.74, 6) is 6.78. The highest BCUT2D eigenvalue weighted by Crippen LogP contribution is 2.30. The van der Waals surface area contributed by atoms with E-state index in [1.165, 1.54) is 17.8 Å². The Labute approximate surface area is 122 Å². The van der Waals surface area contributed by atoms with Crippen LogP contribution in [0.3, 0.4) is 0 Å². The van der Waals surface area contributed by atoms with Crippen molar-refractivity contribution in [3.05, 3.63) is 59.9 Å². The summed E-state index contributed by atoms with van der Waals surface area (Å²) in [6.07, 6.45) is 0. The van der Waals surface area contributed by atoms with Crippen LogP contribution in [0.4, 0.5) is 4.39 Å². The number of hydrazine groups is 1. The molecule has 0 aliphatic rings. The standard InChI is InChI=1S/C15H17FN2OS/c1-19-14-8-4-2-6-11(14)13(18-17)10-20-15-9-5-3-7-12(15)16/h2-9,13,18H,10,17H2,1H3. The minimum absolute atomic E-state index is 0.115. The molecule has 0 radical (unpaired) electrons.